The second-order valence-electron chi connectivity index (χ2n) is 4.73. The Balaban J connectivity index is 2.61. The van der Waals surface area contributed by atoms with E-state index in [0.717, 1.165) is 0 Å². The summed E-state index contributed by atoms with van der Waals surface area (Å²) in [5, 5.41) is 9.28. The molecule has 1 aromatic carbocycles. The molecule has 1 aliphatic heterocycles. The van der Waals surface area contributed by atoms with Crippen molar-refractivity contribution >= 4 is 21.7 Å². The van der Waals surface area contributed by atoms with Gasteiger partial charge in [-0.25, -0.2) is 8.42 Å². The zero-order valence-electron chi connectivity index (χ0n) is 10.9. The maximum absolute atomic E-state index is 12.2. The zero-order chi connectivity index (χ0) is 14.2. The summed E-state index contributed by atoms with van der Waals surface area (Å²) in [6.07, 6.45) is 0.297. The first-order valence-corrected chi connectivity index (χ1v) is 7.83. The van der Waals surface area contributed by atoms with Crippen molar-refractivity contribution in [3.8, 4) is 0 Å². The molecule has 2 atom stereocenters. The number of carboxylic acids is 1. The Morgan fingerprint density at radius 1 is 1.42 bits per heavy atom. The van der Waals surface area contributed by atoms with Gasteiger partial charge in [-0.2, -0.15) is 0 Å². The Kier molecular flexibility index (Phi) is 3.54. The first kappa shape index (κ1) is 13.9. The Bertz CT molecular complexity index is 596. The summed E-state index contributed by atoms with van der Waals surface area (Å²) in [6.45, 7) is 3.34. The van der Waals surface area contributed by atoms with Crippen molar-refractivity contribution in [3.05, 3.63) is 29.8 Å². The highest BCUT2D eigenvalue weighted by molar-refractivity contribution is 7.92. The number of rotatable bonds is 3. The minimum atomic E-state index is -3.39. The Labute approximate surface area is 112 Å². The van der Waals surface area contributed by atoms with E-state index in [2.05, 4.69) is 0 Å². The average molecular weight is 283 g/mol. The molecule has 1 aromatic rings. The molecule has 0 aromatic heterocycles. The van der Waals surface area contributed by atoms with Crippen LogP contribution < -0.4 is 4.31 Å². The van der Waals surface area contributed by atoms with E-state index in [1.165, 1.54) is 4.31 Å². The summed E-state index contributed by atoms with van der Waals surface area (Å²) in [7, 11) is -3.39. The van der Waals surface area contributed by atoms with E-state index in [1.54, 1.807) is 38.1 Å². The summed E-state index contributed by atoms with van der Waals surface area (Å²) in [5.74, 6) is -1.55. The van der Waals surface area contributed by atoms with Crippen molar-refractivity contribution < 1.29 is 18.3 Å². The predicted octanol–water partition coefficient (Wildman–Crippen LogP) is 1.80. The number of benzene rings is 1. The fourth-order valence-corrected chi connectivity index (χ4v) is 3.96. The third kappa shape index (κ3) is 2.32. The molecule has 19 heavy (non-hydrogen) atoms. The zero-order valence-corrected chi connectivity index (χ0v) is 11.7. The first-order valence-electron chi connectivity index (χ1n) is 6.22. The molecular weight excluding hydrogens is 266 g/mol. The summed E-state index contributed by atoms with van der Waals surface area (Å²) >= 11 is 0. The fourth-order valence-electron chi connectivity index (χ4n) is 2.58. The maximum Gasteiger partial charge on any atom is 0.311 e. The van der Waals surface area contributed by atoms with Crippen LogP contribution in [0.25, 0.3) is 0 Å². The summed E-state index contributed by atoms with van der Waals surface area (Å²) in [4.78, 5) is 11.3. The van der Waals surface area contributed by atoms with Gasteiger partial charge in [0.2, 0.25) is 10.0 Å². The van der Waals surface area contributed by atoms with E-state index in [0.29, 0.717) is 17.7 Å². The SMILES string of the molecule is CCS(=O)(=O)N1c2ccccc2C(C(=O)O)CC1C. The van der Waals surface area contributed by atoms with Gasteiger partial charge in [0.1, 0.15) is 0 Å². The van der Waals surface area contributed by atoms with Gasteiger partial charge in [0.25, 0.3) is 0 Å². The van der Waals surface area contributed by atoms with Crippen LogP contribution in [-0.2, 0) is 14.8 Å². The van der Waals surface area contributed by atoms with Gasteiger partial charge in [-0.05, 0) is 31.9 Å². The molecule has 0 amide bonds. The van der Waals surface area contributed by atoms with Crippen LogP contribution in [0.1, 0.15) is 31.7 Å². The second-order valence-corrected chi connectivity index (χ2v) is 6.87. The van der Waals surface area contributed by atoms with E-state index in [1.807, 2.05) is 0 Å². The highest BCUT2D eigenvalue weighted by Crippen LogP contribution is 2.39. The molecule has 2 rings (SSSR count). The summed E-state index contributed by atoms with van der Waals surface area (Å²) in [5.41, 5.74) is 1.07. The molecule has 0 spiro atoms. The Hall–Kier alpha value is -1.56. The van der Waals surface area contributed by atoms with Crippen molar-refractivity contribution in [2.45, 2.75) is 32.2 Å². The Morgan fingerprint density at radius 2 is 2.05 bits per heavy atom. The van der Waals surface area contributed by atoms with Crippen LogP contribution in [0.4, 0.5) is 5.69 Å². The van der Waals surface area contributed by atoms with Gasteiger partial charge < -0.3 is 5.11 Å². The molecule has 104 valence electrons. The van der Waals surface area contributed by atoms with Crippen molar-refractivity contribution in [2.75, 3.05) is 10.1 Å². The van der Waals surface area contributed by atoms with Crippen molar-refractivity contribution in [1.29, 1.82) is 0 Å². The molecule has 1 N–H and O–H groups in total. The molecule has 0 bridgehead atoms. The number of sulfonamides is 1. The fraction of sp³-hybridized carbons (Fsp3) is 0.462. The van der Waals surface area contributed by atoms with Gasteiger partial charge in [0.15, 0.2) is 0 Å². The molecule has 0 radical (unpaired) electrons. The molecule has 0 saturated heterocycles. The van der Waals surface area contributed by atoms with Crippen LogP contribution >= 0.6 is 0 Å². The van der Waals surface area contributed by atoms with Crippen LogP contribution in [0.3, 0.4) is 0 Å². The van der Waals surface area contributed by atoms with E-state index >= 15 is 0 Å². The molecule has 1 aliphatic rings. The lowest BCUT2D eigenvalue weighted by Gasteiger charge is -2.38. The van der Waals surface area contributed by atoms with Gasteiger partial charge in [-0.3, -0.25) is 9.10 Å². The molecule has 1 heterocycles. The highest BCUT2D eigenvalue weighted by atomic mass is 32.2. The number of fused-ring (bicyclic) bond motifs is 1. The van der Waals surface area contributed by atoms with E-state index < -0.39 is 21.9 Å². The maximum atomic E-state index is 12.2. The van der Waals surface area contributed by atoms with Crippen molar-refractivity contribution in [2.24, 2.45) is 0 Å². The number of carboxylic acid groups (broad SMARTS) is 1. The van der Waals surface area contributed by atoms with Crippen molar-refractivity contribution in [1.82, 2.24) is 0 Å². The van der Waals surface area contributed by atoms with Crippen LogP contribution in [0.15, 0.2) is 24.3 Å². The van der Waals surface area contributed by atoms with Gasteiger partial charge in [0.05, 0.1) is 17.4 Å². The van der Waals surface area contributed by atoms with Gasteiger partial charge in [0, 0.05) is 6.04 Å². The molecular formula is C13H17NO4S. The minimum absolute atomic E-state index is 0.00339. The van der Waals surface area contributed by atoms with Gasteiger partial charge >= 0.3 is 5.97 Å². The smallest absolute Gasteiger partial charge is 0.311 e. The van der Waals surface area contributed by atoms with Crippen molar-refractivity contribution in [3.63, 3.8) is 0 Å². The topological polar surface area (TPSA) is 74.7 Å². The molecule has 0 aliphatic carbocycles. The predicted molar refractivity (Wildman–Crippen MR) is 72.8 cm³/mol. The molecule has 2 unspecified atom stereocenters. The third-order valence-electron chi connectivity index (χ3n) is 3.49. The summed E-state index contributed by atoms with van der Waals surface area (Å²) < 4.78 is 25.7. The number of para-hydroxylation sites is 1. The van der Waals surface area contributed by atoms with Gasteiger partial charge in [-0.1, -0.05) is 18.2 Å². The van der Waals surface area contributed by atoms with Crippen LogP contribution in [-0.4, -0.2) is 31.3 Å². The standard InChI is InChI=1S/C13H17NO4S/c1-3-19(17,18)14-9(2)8-11(13(15)16)10-6-4-5-7-12(10)14/h4-7,9,11H,3,8H2,1-2H3,(H,15,16). The number of hydrogen-bond acceptors (Lipinski definition) is 3. The van der Waals surface area contributed by atoms with E-state index in [9.17, 15) is 18.3 Å². The minimum Gasteiger partial charge on any atom is -0.481 e. The number of anilines is 1. The first-order chi connectivity index (χ1) is 8.88. The largest absolute Gasteiger partial charge is 0.481 e. The lowest BCUT2D eigenvalue weighted by Crippen LogP contribution is -2.44. The third-order valence-corrected chi connectivity index (χ3v) is 5.37. The molecule has 6 heteroatoms. The van der Waals surface area contributed by atoms with Crippen LogP contribution in [0, 0.1) is 0 Å². The second kappa shape index (κ2) is 4.85. The number of carbonyl (C=O) groups is 1. The number of nitrogens with zero attached hydrogens (tertiary/aromatic N) is 1. The van der Waals surface area contributed by atoms with Crippen LogP contribution in [0.2, 0.25) is 0 Å². The molecule has 5 nitrogen and oxygen atoms in total. The lowest BCUT2D eigenvalue weighted by atomic mass is 9.87. The average Bonchev–Trinajstić information content (AvgIpc) is 2.37. The normalized spacial score (nSPS) is 22.9. The lowest BCUT2D eigenvalue weighted by molar-refractivity contribution is -0.139. The van der Waals surface area contributed by atoms with Gasteiger partial charge in [-0.15, -0.1) is 0 Å². The van der Waals surface area contributed by atoms with E-state index in [-0.39, 0.29) is 11.8 Å². The number of aliphatic carboxylic acids is 1. The number of hydrogen-bond donors (Lipinski definition) is 1. The van der Waals surface area contributed by atoms with E-state index in [4.69, 9.17) is 0 Å². The van der Waals surface area contributed by atoms with Crippen LogP contribution in [0.5, 0.6) is 0 Å². The summed E-state index contributed by atoms with van der Waals surface area (Å²) in [6, 6.07) is 6.49. The molecule has 0 saturated carbocycles. The highest BCUT2D eigenvalue weighted by Gasteiger charge is 2.38. The molecule has 0 fully saturated rings. The Morgan fingerprint density at radius 3 is 2.63 bits per heavy atom. The quantitative estimate of drug-likeness (QED) is 0.918. The monoisotopic (exact) mass is 283 g/mol.